The van der Waals surface area contributed by atoms with Crippen molar-refractivity contribution in [1.82, 2.24) is 9.97 Å². The molecular formula is C26H26N4O7S. The number of sulfonamides is 1. The lowest BCUT2D eigenvalue weighted by Crippen LogP contribution is -2.15. The van der Waals surface area contributed by atoms with Gasteiger partial charge in [-0.3, -0.25) is 9.52 Å². The first kappa shape index (κ1) is 26.5. The number of carbonyl (C=O) groups is 1. The van der Waals surface area contributed by atoms with E-state index < -0.39 is 15.9 Å². The highest BCUT2D eigenvalue weighted by Crippen LogP contribution is 2.22. The van der Waals surface area contributed by atoms with Gasteiger partial charge in [-0.05, 0) is 73.5 Å². The Balaban J connectivity index is 1.38. The molecule has 2 heterocycles. The summed E-state index contributed by atoms with van der Waals surface area (Å²) in [5.74, 6) is 0.907. The summed E-state index contributed by atoms with van der Waals surface area (Å²) in [6.07, 6.45) is 0. The molecule has 0 fully saturated rings. The van der Waals surface area contributed by atoms with E-state index in [2.05, 4.69) is 20.0 Å². The van der Waals surface area contributed by atoms with Gasteiger partial charge in [-0.15, -0.1) is 0 Å². The van der Waals surface area contributed by atoms with Crippen LogP contribution in [0.3, 0.4) is 0 Å². The van der Waals surface area contributed by atoms with Crippen LogP contribution < -0.4 is 24.2 Å². The molecule has 0 aliphatic heterocycles. The van der Waals surface area contributed by atoms with Gasteiger partial charge >= 0.3 is 6.01 Å². The fourth-order valence-corrected chi connectivity index (χ4v) is 4.50. The molecule has 0 spiro atoms. The maximum absolute atomic E-state index is 12.8. The van der Waals surface area contributed by atoms with Gasteiger partial charge in [-0.1, -0.05) is 6.07 Å². The van der Waals surface area contributed by atoms with Crippen LogP contribution in [0.4, 0.5) is 11.5 Å². The molecular weight excluding hydrogens is 512 g/mol. The Morgan fingerprint density at radius 3 is 2.29 bits per heavy atom. The molecule has 0 radical (unpaired) electrons. The average Bonchev–Trinajstić information content (AvgIpc) is 3.36. The van der Waals surface area contributed by atoms with Gasteiger partial charge in [0.25, 0.3) is 15.9 Å². The largest absolute Gasteiger partial charge is 0.486 e. The molecule has 0 bridgehead atoms. The van der Waals surface area contributed by atoms with Crippen molar-refractivity contribution in [1.29, 1.82) is 0 Å². The number of nitrogens with one attached hydrogen (secondary N) is 2. The lowest BCUT2D eigenvalue weighted by molar-refractivity contribution is 0.0992. The van der Waals surface area contributed by atoms with Gasteiger partial charge in [0.15, 0.2) is 11.6 Å². The Kier molecular flexibility index (Phi) is 7.82. The van der Waals surface area contributed by atoms with Gasteiger partial charge in [0.05, 0.1) is 19.1 Å². The van der Waals surface area contributed by atoms with Crippen LogP contribution in [-0.4, -0.2) is 38.5 Å². The van der Waals surface area contributed by atoms with Gasteiger partial charge < -0.3 is 23.9 Å². The van der Waals surface area contributed by atoms with E-state index in [0.29, 0.717) is 17.2 Å². The minimum absolute atomic E-state index is 0.0267. The Hall–Kier alpha value is -4.58. The van der Waals surface area contributed by atoms with Crippen molar-refractivity contribution in [2.24, 2.45) is 0 Å². The third-order valence-electron chi connectivity index (χ3n) is 5.20. The predicted octanol–water partition coefficient (Wildman–Crippen LogP) is 4.34. The van der Waals surface area contributed by atoms with E-state index >= 15 is 0 Å². The number of rotatable bonds is 10. The van der Waals surface area contributed by atoms with Gasteiger partial charge in [0.2, 0.25) is 5.88 Å². The molecule has 0 saturated carbocycles. The Morgan fingerprint density at radius 2 is 1.63 bits per heavy atom. The lowest BCUT2D eigenvalue weighted by Gasteiger charge is -2.10. The highest BCUT2D eigenvalue weighted by atomic mass is 32.2. The minimum Gasteiger partial charge on any atom is -0.486 e. The molecule has 0 unspecified atom stereocenters. The summed E-state index contributed by atoms with van der Waals surface area (Å²) < 4.78 is 49.3. The molecule has 0 aliphatic carbocycles. The highest BCUT2D eigenvalue weighted by Gasteiger charge is 2.18. The summed E-state index contributed by atoms with van der Waals surface area (Å²) in [6.45, 7) is 4.14. The molecule has 198 valence electrons. The number of ether oxygens (including phenoxy) is 3. The van der Waals surface area contributed by atoms with Crippen LogP contribution in [0, 0.1) is 13.8 Å². The van der Waals surface area contributed by atoms with Gasteiger partial charge in [0, 0.05) is 11.8 Å². The Morgan fingerprint density at radius 1 is 0.921 bits per heavy atom. The van der Waals surface area contributed by atoms with Crippen molar-refractivity contribution in [3.8, 4) is 17.6 Å². The quantitative estimate of drug-likeness (QED) is 0.302. The molecule has 4 aromatic rings. The number of anilines is 2. The predicted molar refractivity (Wildman–Crippen MR) is 139 cm³/mol. The third-order valence-corrected chi connectivity index (χ3v) is 6.57. The summed E-state index contributed by atoms with van der Waals surface area (Å²) in [6, 6.07) is 16.0. The first-order valence-corrected chi connectivity index (χ1v) is 12.8. The summed E-state index contributed by atoms with van der Waals surface area (Å²) in [5.41, 5.74) is 2.55. The van der Waals surface area contributed by atoms with Crippen LogP contribution in [-0.2, 0) is 16.6 Å². The fourth-order valence-electron chi connectivity index (χ4n) is 3.51. The molecule has 0 atom stereocenters. The molecule has 1 amide bonds. The molecule has 4 rings (SSSR count). The number of nitrogens with zero attached hydrogens (tertiary/aromatic N) is 2. The molecule has 12 heteroatoms. The smallest absolute Gasteiger partial charge is 0.321 e. The zero-order valence-electron chi connectivity index (χ0n) is 21.1. The minimum atomic E-state index is -3.99. The zero-order chi connectivity index (χ0) is 27.3. The number of benzene rings is 2. The maximum Gasteiger partial charge on any atom is 0.321 e. The Labute approximate surface area is 219 Å². The molecule has 11 nitrogen and oxygen atoms in total. The van der Waals surface area contributed by atoms with Crippen molar-refractivity contribution in [3.63, 3.8) is 0 Å². The lowest BCUT2D eigenvalue weighted by atomic mass is 10.1. The molecule has 0 aliphatic rings. The molecule has 0 saturated heterocycles. The highest BCUT2D eigenvalue weighted by molar-refractivity contribution is 7.92. The summed E-state index contributed by atoms with van der Waals surface area (Å²) >= 11 is 0. The van der Waals surface area contributed by atoms with E-state index in [9.17, 15) is 13.2 Å². The van der Waals surface area contributed by atoms with Gasteiger partial charge in [0.1, 0.15) is 18.1 Å². The van der Waals surface area contributed by atoms with Crippen molar-refractivity contribution in [2.75, 3.05) is 24.3 Å². The second-order valence-electron chi connectivity index (χ2n) is 8.24. The SMILES string of the molecule is COc1cc(NS(=O)(=O)c2ccc(NC(=O)c3ccc(COc4cc(C)cc(C)c4)o3)cc2)nc(OC)n1. The van der Waals surface area contributed by atoms with Crippen molar-refractivity contribution < 1.29 is 31.8 Å². The molecule has 2 aromatic carbocycles. The van der Waals surface area contributed by atoms with E-state index in [0.717, 1.165) is 11.1 Å². The van der Waals surface area contributed by atoms with Crippen LogP contribution >= 0.6 is 0 Å². The number of aromatic nitrogens is 2. The van der Waals surface area contributed by atoms with Crippen molar-refractivity contribution >= 4 is 27.4 Å². The number of hydrogen-bond donors (Lipinski definition) is 2. The monoisotopic (exact) mass is 538 g/mol. The van der Waals surface area contributed by atoms with Crippen LogP contribution in [0.2, 0.25) is 0 Å². The number of hydrogen-bond acceptors (Lipinski definition) is 9. The molecule has 38 heavy (non-hydrogen) atoms. The van der Waals surface area contributed by atoms with Crippen LogP contribution in [0.5, 0.6) is 17.6 Å². The van der Waals surface area contributed by atoms with Gasteiger partial charge in [-0.2, -0.15) is 9.97 Å². The maximum atomic E-state index is 12.8. The summed E-state index contributed by atoms with van der Waals surface area (Å²) in [5, 5.41) is 2.68. The molecule has 2 N–H and O–H groups in total. The average molecular weight is 539 g/mol. The van der Waals surface area contributed by atoms with Crippen LogP contribution in [0.25, 0.3) is 0 Å². The number of furan rings is 1. The topological polar surface area (TPSA) is 142 Å². The van der Waals surface area contributed by atoms with E-state index in [-0.39, 0.29) is 35.0 Å². The van der Waals surface area contributed by atoms with Gasteiger partial charge in [-0.25, -0.2) is 8.42 Å². The van der Waals surface area contributed by atoms with E-state index in [1.807, 2.05) is 32.0 Å². The fraction of sp³-hybridized carbons (Fsp3) is 0.192. The second kappa shape index (κ2) is 11.2. The Bertz CT molecular complexity index is 1510. The number of carbonyl (C=O) groups excluding carboxylic acids is 1. The zero-order valence-corrected chi connectivity index (χ0v) is 22.0. The second-order valence-corrected chi connectivity index (χ2v) is 9.93. The number of aryl methyl sites for hydroxylation is 2. The number of methoxy groups -OCH3 is 2. The van der Waals surface area contributed by atoms with Crippen LogP contribution in [0.1, 0.15) is 27.4 Å². The number of amides is 1. The van der Waals surface area contributed by atoms with E-state index in [4.69, 9.17) is 18.6 Å². The van der Waals surface area contributed by atoms with Crippen molar-refractivity contribution in [3.05, 3.63) is 83.3 Å². The van der Waals surface area contributed by atoms with Crippen molar-refractivity contribution in [2.45, 2.75) is 25.3 Å². The third kappa shape index (κ3) is 6.59. The van der Waals surface area contributed by atoms with E-state index in [1.54, 1.807) is 12.1 Å². The van der Waals surface area contributed by atoms with E-state index in [1.165, 1.54) is 44.6 Å². The standard InChI is InChI=1S/C26H26N4O7S/c1-16-11-17(2)13-20(12-16)36-15-19-7-10-22(37-19)25(31)27-18-5-8-21(9-6-18)38(32,33)30-23-14-24(34-3)29-26(28-23)35-4/h5-14H,15H2,1-4H3,(H,27,31)(H,28,29,30). The summed E-state index contributed by atoms with van der Waals surface area (Å²) in [4.78, 5) is 20.5. The first-order valence-electron chi connectivity index (χ1n) is 11.4. The van der Waals surface area contributed by atoms with Crippen LogP contribution in [0.15, 0.2) is 70.0 Å². The summed E-state index contributed by atoms with van der Waals surface area (Å²) in [7, 11) is -1.25. The molecule has 2 aromatic heterocycles. The first-order chi connectivity index (χ1) is 18.1. The normalized spacial score (nSPS) is 11.1.